The monoisotopic (exact) mass is 345 g/mol. The first-order chi connectivity index (χ1) is 12.3. The van der Waals surface area contributed by atoms with Gasteiger partial charge in [-0.15, -0.1) is 5.10 Å². The van der Waals surface area contributed by atoms with Crippen molar-refractivity contribution in [1.82, 2.24) is 20.2 Å². The first kappa shape index (κ1) is 16.3. The highest BCUT2D eigenvalue weighted by molar-refractivity contribution is 5.60. The highest BCUT2D eigenvalue weighted by atomic mass is 16.5. The van der Waals surface area contributed by atoms with Gasteiger partial charge < -0.3 is 19.5 Å². The van der Waals surface area contributed by atoms with E-state index in [4.69, 9.17) is 9.47 Å². The second-order valence-electron chi connectivity index (χ2n) is 6.60. The summed E-state index contributed by atoms with van der Waals surface area (Å²) in [7, 11) is 0. The molecular weight excluding hydrogens is 322 g/mol. The van der Waals surface area contributed by atoms with Gasteiger partial charge in [-0.2, -0.15) is 0 Å². The maximum atomic E-state index is 9.52. The highest BCUT2D eigenvalue weighted by Crippen LogP contribution is 2.33. The zero-order valence-electron chi connectivity index (χ0n) is 14.1. The van der Waals surface area contributed by atoms with Crippen LogP contribution in [0, 0.1) is 5.92 Å². The van der Waals surface area contributed by atoms with Crippen LogP contribution in [0.3, 0.4) is 0 Å². The number of anilines is 1. The molecule has 2 aliphatic heterocycles. The lowest BCUT2D eigenvalue weighted by Gasteiger charge is -2.35. The molecule has 1 fully saturated rings. The van der Waals surface area contributed by atoms with Crippen molar-refractivity contribution in [1.29, 1.82) is 0 Å². The van der Waals surface area contributed by atoms with Crippen LogP contribution >= 0.6 is 0 Å². The van der Waals surface area contributed by atoms with Crippen LogP contribution in [-0.4, -0.2) is 57.8 Å². The molecule has 8 nitrogen and oxygen atoms in total. The molecule has 25 heavy (non-hydrogen) atoms. The fraction of sp³-hybridized carbons (Fsp3) is 0.588. The molecule has 134 valence electrons. The van der Waals surface area contributed by atoms with Crippen molar-refractivity contribution in [3.63, 3.8) is 0 Å². The van der Waals surface area contributed by atoms with Gasteiger partial charge in [0.15, 0.2) is 5.82 Å². The van der Waals surface area contributed by atoms with Crippen LogP contribution in [0.5, 0.6) is 5.75 Å². The van der Waals surface area contributed by atoms with Crippen LogP contribution in [0.1, 0.15) is 18.7 Å². The quantitative estimate of drug-likeness (QED) is 0.860. The summed E-state index contributed by atoms with van der Waals surface area (Å²) in [6.45, 7) is 3.64. The van der Waals surface area contributed by atoms with Gasteiger partial charge in [-0.1, -0.05) is 12.1 Å². The number of aliphatic hydroxyl groups excluding tert-OH is 1. The van der Waals surface area contributed by atoms with Crippen molar-refractivity contribution in [3.05, 3.63) is 30.1 Å². The van der Waals surface area contributed by atoms with Gasteiger partial charge in [-0.05, 0) is 41.3 Å². The molecule has 0 saturated carbocycles. The fourth-order valence-electron chi connectivity index (χ4n) is 3.45. The first-order valence-electron chi connectivity index (χ1n) is 8.78. The summed E-state index contributed by atoms with van der Waals surface area (Å²) < 4.78 is 13.2. The summed E-state index contributed by atoms with van der Waals surface area (Å²) in [5.74, 6) is 2.18. The number of ether oxygens (including phenoxy) is 2. The van der Waals surface area contributed by atoms with E-state index in [1.807, 2.05) is 28.9 Å². The minimum atomic E-state index is -0.241. The molecule has 4 rings (SSSR count). The van der Waals surface area contributed by atoms with Crippen LogP contribution in [0.25, 0.3) is 0 Å². The van der Waals surface area contributed by atoms with Crippen molar-refractivity contribution >= 4 is 5.69 Å². The summed E-state index contributed by atoms with van der Waals surface area (Å²) in [5.41, 5.74) is 1.01. The van der Waals surface area contributed by atoms with E-state index in [9.17, 15) is 5.11 Å². The number of rotatable bonds is 5. The van der Waals surface area contributed by atoms with Crippen molar-refractivity contribution in [2.45, 2.75) is 32.0 Å². The predicted octanol–water partition coefficient (Wildman–Crippen LogP) is 0.860. The van der Waals surface area contributed by atoms with Gasteiger partial charge in [0.2, 0.25) is 0 Å². The molecule has 1 N–H and O–H groups in total. The maximum absolute atomic E-state index is 9.52. The Morgan fingerprint density at radius 2 is 2.04 bits per heavy atom. The molecule has 0 aliphatic carbocycles. The molecule has 8 heteroatoms. The predicted molar refractivity (Wildman–Crippen MR) is 90.4 cm³/mol. The number of aliphatic hydroxyl groups is 1. The SMILES string of the molecule is OCC1CN(Cc2nnnn2CC2CCOCC2)c2ccccc2O1. The molecule has 1 saturated heterocycles. The second kappa shape index (κ2) is 7.37. The van der Waals surface area contributed by atoms with Crippen LogP contribution in [0.15, 0.2) is 24.3 Å². The number of benzene rings is 1. The normalized spacial score (nSPS) is 21.0. The lowest BCUT2D eigenvalue weighted by Crippen LogP contribution is -2.42. The third-order valence-electron chi connectivity index (χ3n) is 4.84. The summed E-state index contributed by atoms with van der Waals surface area (Å²) >= 11 is 0. The van der Waals surface area contributed by atoms with Gasteiger partial charge in [0.05, 0.1) is 25.4 Å². The average Bonchev–Trinajstić information content (AvgIpc) is 3.09. The highest BCUT2D eigenvalue weighted by Gasteiger charge is 2.27. The molecule has 3 heterocycles. The molecular formula is C17H23N5O3. The standard InChI is InChI=1S/C17H23N5O3/c23-12-14-10-21(15-3-1-2-4-16(15)25-14)11-17-18-19-20-22(17)9-13-5-7-24-8-6-13/h1-4,13-14,23H,5-12H2. The number of fused-ring (bicyclic) bond motifs is 1. The number of nitrogens with zero attached hydrogens (tertiary/aromatic N) is 5. The van der Waals surface area contributed by atoms with E-state index >= 15 is 0 Å². The van der Waals surface area contributed by atoms with Crippen molar-refractivity contribution < 1.29 is 14.6 Å². The van der Waals surface area contributed by atoms with E-state index in [-0.39, 0.29) is 12.7 Å². The third kappa shape index (κ3) is 3.59. The Morgan fingerprint density at radius 3 is 2.88 bits per heavy atom. The van der Waals surface area contributed by atoms with Crippen molar-refractivity contribution in [3.8, 4) is 5.75 Å². The van der Waals surface area contributed by atoms with E-state index in [1.54, 1.807) is 0 Å². The average molecular weight is 345 g/mol. The van der Waals surface area contributed by atoms with Gasteiger partial charge >= 0.3 is 0 Å². The Bertz CT molecular complexity index is 701. The van der Waals surface area contributed by atoms with Gasteiger partial charge in [0.1, 0.15) is 11.9 Å². The van der Waals surface area contributed by atoms with Crippen LogP contribution in [0.2, 0.25) is 0 Å². The Morgan fingerprint density at radius 1 is 1.20 bits per heavy atom. The number of hydrogen-bond acceptors (Lipinski definition) is 7. The molecule has 0 spiro atoms. The Balaban J connectivity index is 1.51. The van der Waals surface area contributed by atoms with E-state index < -0.39 is 0 Å². The van der Waals surface area contributed by atoms with Crippen molar-refractivity contribution in [2.75, 3.05) is 31.3 Å². The molecule has 1 atom stereocenters. The van der Waals surface area contributed by atoms with E-state index in [2.05, 4.69) is 20.4 Å². The zero-order chi connectivity index (χ0) is 17.1. The summed E-state index contributed by atoms with van der Waals surface area (Å²) in [6.07, 6.45) is 1.85. The number of hydrogen-bond donors (Lipinski definition) is 1. The maximum Gasteiger partial charge on any atom is 0.170 e. The Hall–Kier alpha value is -2.19. The van der Waals surface area contributed by atoms with Gasteiger partial charge in [0.25, 0.3) is 0 Å². The molecule has 1 unspecified atom stereocenters. The Kier molecular flexibility index (Phi) is 4.80. The van der Waals surface area contributed by atoms with Gasteiger partial charge in [-0.3, -0.25) is 0 Å². The van der Waals surface area contributed by atoms with Crippen LogP contribution in [0.4, 0.5) is 5.69 Å². The topological polar surface area (TPSA) is 85.5 Å². The fourth-order valence-corrected chi connectivity index (χ4v) is 3.45. The number of para-hydroxylation sites is 2. The first-order valence-corrected chi connectivity index (χ1v) is 8.78. The van der Waals surface area contributed by atoms with E-state index in [0.717, 1.165) is 49.9 Å². The molecule has 1 aromatic heterocycles. The van der Waals surface area contributed by atoms with Crippen LogP contribution < -0.4 is 9.64 Å². The zero-order valence-corrected chi connectivity index (χ0v) is 14.1. The summed E-state index contributed by atoms with van der Waals surface area (Å²) in [4.78, 5) is 2.17. The molecule has 1 aromatic carbocycles. The van der Waals surface area contributed by atoms with E-state index in [1.165, 1.54) is 0 Å². The summed E-state index contributed by atoms with van der Waals surface area (Å²) in [6, 6.07) is 7.87. The minimum absolute atomic E-state index is 0.0160. The lowest BCUT2D eigenvalue weighted by atomic mass is 10.0. The third-order valence-corrected chi connectivity index (χ3v) is 4.84. The molecule has 2 aromatic rings. The second-order valence-corrected chi connectivity index (χ2v) is 6.60. The van der Waals surface area contributed by atoms with Crippen LogP contribution in [-0.2, 0) is 17.8 Å². The molecule has 0 bridgehead atoms. The number of tetrazole rings is 1. The largest absolute Gasteiger partial charge is 0.484 e. The van der Waals surface area contributed by atoms with Gasteiger partial charge in [0, 0.05) is 19.8 Å². The van der Waals surface area contributed by atoms with Gasteiger partial charge in [-0.25, -0.2) is 4.68 Å². The molecule has 0 radical (unpaired) electrons. The Labute approximate surface area is 146 Å². The van der Waals surface area contributed by atoms with Crippen molar-refractivity contribution in [2.24, 2.45) is 5.92 Å². The number of aromatic nitrogens is 4. The smallest absolute Gasteiger partial charge is 0.170 e. The summed E-state index contributed by atoms with van der Waals surface area (Å²) in [5, 5.41) is 21.8. The molecule has 0 amide bonds. The van der Waals surface area contributed by atoms with E-state index in [0.29, 0.717) is 19.0 Å². The molecule has 2 aliphatic rings. The lowest BCUT2D eigenvalue weighted by molar-refractivity contribution is 0.0596. The minimum Gasteiger partial charge on any atom is -0.484 e.